The highest BCUT2D eigenvalue weighted by Crippen LogP contribution is 2.37. The van der Waals surface area contributed by atoms with Crippen LogP contribution in [-0.4, -0.2) is 36.1 Å². The Morgan fingerprint density at radius 1 is 1.13 bits per heavy atom. The lowest BCUT2D eigenvalue weighted by molar-refractivity contribution is 0.292. The molecular weight excluding hydrogens is 468 g/mol. The van der Waals surface area contributed by atoms with Crippen molar-refractivity contribution in [3.8, 4) is 11.3 Å². The third-order valence-electron chi connectivity index (χ3n) is 6.27. The standard InChI is InChI=1S/C24H35BrN4OSi/c1-8-17-16-27-29-22(26-9-2)15-21(28-23(17)29)20-11-10-19(25)14-18(20)12-13-30-31(6,7)24(3,4)5/h10-11,14-16,26H,8-9,12-13H2,1-7H3. The SMILES string of the molecule is CCNc1cc(-c2ccc(Br)cc2CCO[Si](C)(C)C(C)(C)C)nc2c(CC)cnn12. The maximum absolute atomic E-state index is 6.46. The average molecular weight is 504 g/mol. The molecule has 0 aliphatic heterocycles. The quantitative estimate of drug-likeness (QED) is 0.347. The normalized spacial score (nSPS) is 12.5. The third kappa shape index (κ3) is 5.21. The third-order valence-corrected chi connectivity index (χ3v) is 11.3. The highest BCUT2D eigenvalue weighted by atomic mass is 79.9. The van der Waals surface area contributed by atoms with Crippen molar-refractivity contribution in [3.63, 3.8) is 0 Å². The van der Waals surface area contributed by atoms with Crippen molar-refractivity contribution in [2.75, 3.05) is 18.5 Å². The van der Waals surface area contributed by atoms with Crippen LogP contribution in [0.5, 0.6) is 0 Å². The van der Waals surface area contributed by atoms with E-state index < -0.39 is 8.32 Å². The lowest BCUT2D eigenvalue weighted by atomic mass is 10.0. The van der Waals surface area contributed by atoms with Crippen molar-refractivity contribution in [1.82, 2.24) is 14.6 Å². The molecule has 0 atom stereocenters. The summed E-state index contributed by atoms with van der Waals surface area (Å²) in [4.78, 5) is 5.02. The van der Waals surface area contributed by atoms with Crippen molar-refractivity contribution in [2.24, 2.45) is 0 Å². The molecule has 0 saturated carbocycles. The Balaban J connectivity index is 1.99. The smallest absolute Gasteiger partial charge is 0.191 e. The number of benzene rings is 1. The van der Waals surface area contributed by atoms with E-state index in [4.69, 9.17) is 9.41 Å². The predicted octanol–water partition coefficient (Wildman–Crippen LogP) is 6.72. The molecule has 2 aromatic heterocycles. The molecule has 0 unspecified atom stereocenters. The van der Waals surface area contributed by atoms with Crippen LogP contribution >= 0.6 is 15.9 Å². The number of fused-ring (bicyclic) bond motifs is 1. The molecule has 0 spiro atoms. The zero-order valence-corrected chi connectivity index (χ0v) is 22.4. The van der Waals surface area contributed by atoms with Gasteiger partial charge in [-0.15, -0.1) is 0 Å². The van der Waals surface area contributed by atoms with Crippen molar-refractivity contribution in [3.05, 3.63) is 46.1 Å². The van der Waals surface area contributed by atoms with Crippen LogP contribution < -0.4 is 5.32 Å². The number of rotatable bonds is 8. The Bertz CT molecular complexity index is 1060. The van der Waals surface area contributed by atoms with Crippen LogP contribution in [0.15, 0.2) is 34.9 Å². The molecule has 168 valence electrons. The molecule has 1 N–H and O–H groups in total. The van der Waals surface area contributed by atoms with Crippen LogP contribution in [0.25, 0.3) is 16.9 Å². The predicted molar refractivity (Wildman–Crippen MR) is 137 cm³/mol. The molecule has 3 rings (SSSR count). The van der Waals surface area contributed by atoms with Gasteiger partial charge in [-0.05, 0) is 55.6 Å². The molecule has 5 nitrogen and oxygen atoms in total. The van der Waals surface area contributed by atoms with E-state index in [0.717, 1.165) is 58.8 Å². The number of aromatic nitrogens is 3. The fourth-order valence-electron chi connectivity index (χ4n) is 3.35. The zero-order valence-electron chi connectivity index (χ0n) is 19.8. The first-order chi connectivity index (χ1) is 14.6. The maximum atomic E-state index is 6.46. The largest absolute Gasteiger partial charge is 0.416 e. The lowest BCUT2D eigenvalue weighted by Crippen LogP contribution is -2.41. The number of nitrogens with one attached hydrogen (secondary N) is 1. The van der Waals surface area contributed by atoms with Crippen molar-refractivity contribution in [2.45, 2.75) is 65.6 Å². The first-order valence-corrected chi connectivity index (χ1v) is 14.8. The van der Waals surface area contributed by atoms with Gasteiger partial charge in [0.25, 0.3) is 0 Å². The molecule has 0 fully saturated rings. The van der Waals surface area contributed by atoms with E-state index in [0.29, 0.717) is 0 Å². The highest BCUT2D eigenvalue weighted by Gasteiger charge is 2.36. The van der Waals surface area contributed by atoms with Gasteiger partial charge in [0.15, 0.2) is 14.0 Å². The van der Waals surface area contributed by atoms with Crippen LogP contribution in [0.3, 0.4) is 0 Å². The molecule has 0 amide bonds. The van der Waals surface area contributed by atoms with Gasteiger partial charge < -0.3 is 9.74 Å². The summed E-state index contributed by atoms with van der Waals surface area (Å²) in [5.41, 5.74) is 5.42. The van der Waals surface area contributed by atoms with E-state index in [-0.39, 0.29) is 5.04 Å². The molecular formula is C24H35BrN4OSi. The Morgan fingerprint density at radius 2 is 1.87 bits per heavy atom. The lowest BCUT2D eigenvalue weighted by Gasteiger charge is -2.36. The molecule has 7 heteroatoms. The Labute approximate surface area is 195 Å². The summed E-state index contributed by atoms with van der Waals surface area (Å²) in [5.74, 6) is 0.966. The van der Waals surface area contributed by atoms with Gasteiger partial charge in [-0.2, -0.15) is 9.61 Å². The minimum absolute atomic E-state index is 0.207. The van der Waals surface area contributed by atoms with E-state index in [1.54, 1.807) is 0 Å². The summed E-state index contributed by atoms with van der Waals surface area (Å²) < 4.78 is 9.44. The average Bonchev–Trinajstić information content (AvgIpc) is 3.10. The van der Waals surface area contributed by atoms with E-state index in [2.05, 4.69) is 98.3 Å². The van der Waals surface area contributed by atoms with Crippen molar-refractivity contribution in [1.29, 1.82) is 0 Å². The molecule has 2 heterocycles. The van der Waals surface area contributed by atoms with Crippen LogP contribution in [0.4, 0.5) is 5.82 Å². The minimum Gasteiger partial charge on any atom is -0.416 e. The number of nitrogens with zero attached hydrogens (tertiary/aromatic N) is 3. The number of halogens is 1. The van der Waals surface area contributed by atoms with Crippen LogP contribution in [0, 0.1) is 0 Å². The minimum atomic E-state index is -1.78. The van der Waals surface area contributed by atoms with E-state index in [1.807, 2.05) is 10.7 Å². The van der Waals surface area contributed by atoms with Crippen molar-refractivity contribution >= 4 is 35.7 Å². The number of anilines is 1. The number of hydrogen-bond donors (Lipinski definition) is 1. The van der Waals surface area contributed by atoms with E-state index in [9.17, 15) is 0 Å². The highest BCUT2D eigenvalue weighted by molar-refractivity contribution is 9.10. The zero-order chi connectivity index (χ0) is 22.8. The van der Waals surface area contributed by atoms with Crippen LogP contribution in [0.2, 0.25) is 18.1 Å². The fraction of sp³-hybridized carbons (Fsp3) is 0.500. The van der Waals surface area contributed by atoms with Gasteiger partial charge in [0, 0.05) is 34.8 Å². The van der Waals surface area contributed by atoms with E-state index in [1.165, 1.54) is 5.56 Å². The maximum Gasteiger partial charge on any atom is 0.191 e. The molecule has 0 bridgehead atoms. The van der Waals surface area contributed by atoms with Gasteiger partial charge in [-0.1, -0.05) is 49.7 Å². The summed E-state index contributed by atoms with van der Waals surface area (Å²) >= 11 is 3.65. The Hall–Kier alpha value is -1.70. The molecule has 3 aromatic rings. The fourth-order valence-corrected chi connectivity index (χ4v) is 4.81. The Kier molecular flexibility index (Phi) is 7.28. The summed E-state index contributed by atoms with van der Waals surface area (Å²) in [5, 5.41) is 8.20. The van der Waals surface area contributed by atoms with Gasteiger partial charge in [0.05, 0.1) is 11.9 Å². The monoisotopic (exact) mass is 502 g/mol. The molecule has 0 aliphatic carbocycles. The second-order valence-electron chi connectivity index (χ2n) is 9.48. The van der Waals surface area contributed by atoms with Gasteiger partial charge >= 0.3 is 0 Å². The molecule has 0 aliphatic rings. The van der Waals surface area contributed by atoms with Crippen molar-refractivity contribution < 1.29 is 4.43 Å². The van der Waals surface area contributed by atoms with Crippen LogP contribution in [0.1, 0.15) is 45.7 Å². The summed E-state index contributed by atoms with van der Waals surface area (Å²) in [6, 6.07) is 8.54. The second kappa shape index (κ2) is 9.43. The topological polar surface area (TPSA) is 51.5 Å². The second-order valence-corrected chi connectivity index (χ2v) is 15.2. The first-order valence-electron chi connectivity index (χ1n) is 11.1. The molecule has 0 saturated heterocycles. The molecule has 31 heavy (non-hydrogen) atoms. The molecule has 1 aromatic carbocycles. The Morgan fingerprint density at radius 3 is 2.52 bits per heavy atom. The summed E-state index contributed by atoms with van der Waals surface area (Å²) in [6.45, 7) is 17.2. The van der Waals surface area contributed by atoms with Gasteiger partial charge in [-0.25, -0.2) is 4.98 Å². The van der Waals surface area contributed by atoms with Gasteiger partial charge in [0.2, 0.25) is 0 Å². The molecule has 0 radical (unpaired) electrons. The summed E-state index contributed by atoms with van der Waals surface area (Å²) in [6.07, 6.45) is 3.67. The first kappa shape index (κ1) is 23.9. The van der Waals surface area contributed by atoms with Crippen LogP contribution in [-0.2, 0) is 17.3 Å². The number of aryl methyl sites for hydroxylation is 1. The van der Waals surface area contributed by atoms with Gasteiger partial charge in [0.1, 0.15) is 5.82 Å². The number of hydrogen-bond acceptors (Lipinski definition) is 4. The van der Waals surface area contributed by atoms with Gasteiger partial charge in [-0.3, -0.25) is 0 Å². The summed E-state index contributed by atoms with van der Waals surface area (Å²) in [7, 11) is -1.78. The van der Waals surface area contributed by atoms with E-state index >= 15 is 0 Å².